The van der Waals surface area contributed by atoms with Crippen molar-refractivity contribution in [2.75, 3.05) is 32.2 Å². The molecule has 1 saturated heterocycles. The van der Waals surface area contributed by atoms with Crippen LogP contribution in [0.3, 0.4) is 0 Å². The van der Waals surface area contributed by atoms with Gasteiger partial charge in [-0.05, 0) is 54.7 Å². The number of anilines is 1. The fourth-order valence-electron chi connectivity index (χ4n) is 4.54. The molecule has 9 heteroatoms. The van der Waals surface area contributed by atoms with Crippen LogP contribution in [-0.4, -0.2) is 62.6 Å². The molecule has 9 nitrogen and oxygen atoms in total. The Morgan fingerprint density at radius 3 is 2.69 bits per heavy atom. The van der Waals surface area contributed by atoms with Gasteiger partial charge in [-0.1, -0.05) is 19.1 Å². The molecule has 3 aromatic heterocycles. The number of nitrogens with zero attached hydrogens (tertiary/aromatic N) is 5. The van der Waals surface area contributed by atoms with Crippen LogP contribution in [0.2, 0.25) is 0 Å². The average molecular weight is 475 g/mol. The third-order valence-corrected chi connectivity index (χ3v) is 6.55. The SMILES string of the molecule is COc1ccc([C@H](c2nnc3cc(-c4ccnc(NC5CCOCC5)n4)ccn23)C(C)CO)cc1. The Morgan fingerprint density at radius 2 is 1.94 bits per heavy atom. The fraction of sp³-hybridized carbons (Fsp3) is 0.385. The van der Waals surface area contributed by atoms with Crippen molar-refractivity contribution >= 4 is 11.6 Å². The molecule has 1 aliphatic rings. The zero-order valence-corrected chi connectivity index (χ0v) is 20.0. The second-order valence-electron chi connectivity index (χ2n) is 8.91. The molecule has 4 heterocycles. The molecule has 2 atom stereocenters. The fourth-order valence-corrected chi connectivity index (χ4v) is 4.54. The molecule has 1 aromatic carbocycles. The highest BCUT2D eigenvalue weighted by Crippen LogP contribution is 2.33. The monoisotopic (exact) mass is 474 g/mol. The average Bonchev–Trinajstić information content (AvgIpc) is 3.32. The Morgan fingerprint density at radius 1 is 1.14 bits per heavy atom. The first-order valence-corrected chi connectivity index (χ1v) is 11.9. The molecule has 182 valence electrons. The van der Waals surface area contributed by atoms with Crippen LogP contribution >= 0.6 is 0 Å². The molecule has 0 radical (unpaired) electrons. The van der Waals surface area contributed by atoms with Crippen LogP contribution in [-0.2, 0) is 4.74 Å². The number of benzene rings is 1. The van der Waals surface area contributed by atoms with Crippen LogP contribution in [0.15, 0.2) is 54.9 Å². The summed E-state index contributed by atoms with van der Waals surface area (Å²) < 4.78 is 12.7. The Balaban J connectivity index is 1.44. The van der Waals surface area contributed by atoms with Crippen molar-refractivity contribution in [3.63, 3.8) is 0 Å². The third-order valence-electron chi connectivity index (χ3n) is 6.55. The van der Waals surface area contributed by atoms with Gasteiger partial charge in [-0.3, -0.25) is 4.40 Å². The minimum atomic E-state index is -0.124. The van der Waals surface area contributed by atoms with Gasteiger partial charge in [-0.2, -0.15) is 0 Å². The van der Waals surface area contributed by atoms with Gasteiger partial charge in [0, 0.05) is 49.7 Å². The van der Waals surface area contributed by atoms with E-state index >= 15 is 0 Å². The Labute approximate surface area is 204 Å². The molecule has 4 aromatic rings. The van der Waals surface area contributed by atoms with Crippen molar-refractivity contribution in [3.8, 4) is 17.0 Å². The highest BCUT2D eigenvalue weighted by Gasteiger charge is 2.26. The first kappa shape index (κ1) is 23.2. The maximum Gasteiger partial charge on any atom is 0.223 e. The molecule has 1 unspecified atom stereocenters. The molecule has 0 saturated carbocycles. The molecule has 5 rings (SSSR count). The summed E-state index contributed by atoms with van der Waals surface area (Å²) in [5.74, 6) is 2.02. The van der Waals surface area contributed by atoms with Crippen molar-refractivity contribution in [2.24, 2.45) is 5.92 Å². The predicted molar refractivity (Wildman–Crippen MR) is 133 cm³/mol. The van der Waals surface area contributed by atoms with Crippen molar-refractivity contribution in [1.29, 1.82) is 0 Å². The number of hydrogen-bond acceptors (Lipinski definition) is 8. The van der Waals surface area contributed by atoms with E-state index in [9.17, 15) is 5.11 Å². The van der Waals surface area contributed by atoms with E-state index in [1.54, 1.807) is 13.3 Å². The predicted octanol–water partition coefficient (Wildman–Crippen LogP) is 3.55. The first-order valence-electron chi connectivity index (χ1n) is 11.9. The van der Waals surface area contributed by atoms with E-state index in [0.29, 0.717) is 12.0 Å². The summed E-state index contributed by atoms with van der Waals surface area (Å²) in [7, 11) is 1.65. The van der Waals surface area contributed by atoms with Gasteiger partial charge in [0.15, 0.2) is 5.65 Å². The smallest absolute Gasteiger partial charge is 0.223 e. The second kappa shape index (κ2) is 10.4. The Bertz CT molecular complexity index is 1270. The minimum absolute atomic E-state index is 0.0352. The molecule has 2 N–H and O–H groups in total. The number of hydrogen-bond donors (Lipinski definition) is 2. The summed E-state index contributed by atoms with van der Waals surface area (Å²) in [6.07, 6.45) is 5.63. The number of methoxy groups -OCH3 is 1. The summed E-state index contributed by atoms with van der Waals surface area (Å²) in [4.78, 5) is 9.12. The molecule has 0 aliphatic carbocycles. The van der Waals surface area contributed by atoms with E-state index in [1.165, 1.54) is 0 Å². The maximum absolute atomic E-state index is 9.97. The van der Waals surface area contributed by atoms with Gasteiger partial charge in [0.1, 0.15) is 11.6 Å². The van der Waals surface area contributed by atoms with Crippen molar-refractivity contribution < 1.29 is 14.6 Å². The normalized spacial score (nSPS) is 16.2. The Kier molecular flexibility index (Phi) is 6.87. The van der Waals surface area contributed by atoms with E-state index in [-0.39, 0.29) is 18.4 Å². The van der Waals surface area contributed by atoms with E-state index in [1.807, 2.05) is 60.0 Å². The molecular weight excluding hydrogens is 444 g/mol. The molecule has 0 spiro atoms. The molecule has 0 bridgehead atoms. The molecular formula is C26H30N6O3. The lowest BCUT2D eigenvalue weighted by molar-refractivity contribution is 0.0903. The number of aliphatic hydroxyl groups is 1. The van der Waals surface area contributed by atoms with Crippen LogP contribution in [0.5, 0.6) is 5.75 Å². The van der Waals surface area contributed by atoms with E-state index in [0.717, 1.165) is 60.1 Å². The van der Waals surface area contributed by atoms with Crippen molar-refractivity contribution in [1.82, 2.24) is 24.6 Å². The quantitative estimate of drug-likeness (QED) is 0.399. The third kappa shape index (κ3) is 4.96. The number of pyridine rings is 1. The summed E-state index contributed by atoms with van der Waals surface area (Å²) in [6.45, 7) is 3.57. The minimum Gasteiger partial charge on any atom is -0.497 e. The standard InChI is InChI=1S/C26H30N6O3/c1-17(16-33)24(18-3-5-21(34-2)6-4-18)25-31-30-23-15-19(8-12-32(23)25)22-7-11-27-26(29-22)28-20-9-13-35-14-10-20/h3-8,11-12,15,17,20,24,33H,9-10,13-14,16H2,1-2H3,(H,27,28,29)/t17?,24-/m1/s1. The lowest BCUT2D eigenvalue weighted by Gasteiger charge is -2.23. The van der Waals surface area contributed by atoms with Gasteiger partial charge in [0.2, 0.25) is 5.95 Å². The first-order chi connectivity index (χ1) is 17.2. The summed E-state index contributed by atoms with van der Waals surface area (Å²) in [6, 6.07) is 14.1. The topological polar surface area (TPSA) is 107 Å². The van der Waals surface area contributed by atoms with Gasteiger partial charge in [-0.25, -0.2) is 9.97 Å². The Hall–Kier alpha value is -3.56. The molecule has 35 heavy (non-hydrogen) atoms. The van der Waals surface area contributed by atoms with Gasteiger partial charge in [0.05, 0.1) is 12.8 Å². The largest absolute Gasteiger partial charge is 0.497 e. The van der Waals surface area contributed by atoms with Gasteiger partial charge >= 0.3 is 0 Å². The number of aliphatic hydroxyl groups excluding tert-OH is 1. The zero-order chi connectivity index (χ0) is 24.2. The number of fused-ring (bicyclic) bond motifs is 1. The number of ether oxygens (including phenoxy) is 2. The van der Waals surface area contributed by atoms with Crippen LogP contribution < -0.4 is 10.1 Å². The van der Waals surface area contributed by atoms with Gasteiger partial charge in [-0.15, -0.1) is 10.2 Å². The van der Waals surface area contributed by atoms with Crippen LogP contribution in [0.1, 0.15) is 37.1 Å². The van der Waals surface area contributed by atoms with Crippen LogP contribution in [0.25, 0.3) is 16.9 Å². The second-order valence-corrected chi connectivity index (χ2v) is 8.91. The highest BCUT2D eigenvalue weighted by molar-refractivity contribution is 5.64. The van der Waals surface area contributed by atoms with Crippen molar-refractivity contribution in [2.45, 2.75) is 31.7 Å². The molecule has 1 aliphatic heterocycles. The van der Waals surface area contributed by atoms with Gasteiger partial charge in [0.25, 0.3) is 0 Å². The van der Waals surface area contributed by atoms with Crippen molar-refractivity contribution in [3.05, 3.63) is 66.2 Å². The van der Waals surface area contributed by atoms with Crippen LogP contribution in [0, 0.1) is 5.92 Å². The molecule has 0 amide bonds. The van der Waals surface area contributed by atoms with E-state index < -0.39 is 0 Å². The lowest BCUT2D eigenvalue weighted by Crippen LogP contribution is -2.28. The summed E-state index contributed by atoms with van der Waals surface area (Å²) >= 11 is 0. The van der Waals surface area contributed by atoms with Crippen LogP contribution in [0.4, 0.5) is 5.95 Å². The number of rotatable bonds is 8. The van der Waals surface area contributed by atoms with E-state index in [4.69, 9.17) is 14.5 Å². The summed E-state index contributed by atoms with van der Waals surface area (Å²) in [5.41, 5.74) is 3.52. The number of aromatic nitrogens is 5. The number of nitrogens with one attached hydrogen (secondary N) is 1. The maximum atomic E-state index is 9.97. The highest BCUT2D eigenvalue weighted by atomic mass is 16.5. The van der Waals surface area contributed by atoms with E-state index in [2.05, 4.69) is 20.5 Å². The summed E-state index contributed by atoms with van der Waals surface area (Å²) in [5, 5.41) is 22.4. The zero-order valence-electron chi connectivity index (χ0n) is 20.0. The molecule has 1 fully saturated rings. The lowest BCUT2D eigenvalue weighted by atomic mass is 9.87. The van der Waals surface area contributed by atoms with Gasteiger partial charge < -0.3 is 19.9 Å².